The maximum Gasteiger partial charge on any atom is 0.434 e. The van der Waals surface area contributed by atoms with Crippen LogP contribution in [-0.2, 0) is 12.8 Å². The molecule has 2 aliphatic carbocycles. The van der Waals surface area contributed by atoms with Gasteiger partial charge in [0.15, 0.2) is 23.2 Å². The van der Waals surface area contributed by atoms with Crippen LogP contribution in [-0.4, -0.2) is 41.6 Å². The zero-order valence-corrected chi connectivity index (χ0v) is 21.0. The van der Waals surface area contributed by atoms with Crippen molar-refractivity contribution in [3.8, 4) is 34.7 Å². The number of hydrogen-bond donors (Lipinski definition) is 0. The van der Waals surface area contributed by atoms with Gasteiger partial charge in [-0.15, -0.1) is 0 Å². The standard InChI is InChI=1S/C26H23F4N7O2/c1-13-8-32-22(19-20(15-3-4-15)33-12-34-25(19)38-2)36-24(13)39-11-14-7-17(27)21(31-9-14)23-35-18(26(28,29)30)10-37(23)16-5-6-16/h7-10,12,15-16H,3-6,11H2,1-2H3. The minimum atomic E-state index is -4.64. The molecule has 0 saturated heterocycles. The molecule has 4 heterocycles. The zero-order valence-electron chi connectivity index (χ0n) is 21.0. The Morgan fingerprint density at radius 2 is 1.79 bits per heavy atom. The first kappa shape index (κ1) is 25.1. The molecule has 4 aromatic heterocycles. The lowest BCUT2D eigenvalue weighted by molar-refractivity contribution is -0.140. The maximum atomic E-state index is 15.1. The summed E-state index contributed by atoms with van der Waals surface area (Å²) < 4.78 is 67.5. The summed E-state index contributed by atoms with van der Waals surface area (Å²) in [6, 6.07) is 1.04. The number of nitrogens with zero attached hydrogens (tertiary/aromatic N) is 7. The third-order valence-corrected chi connectivity index (χ3v) is 6.60. The van der Waals surface area contributed by atoms with E-state index in [0.717, 1.165) is 24.7 Å². The van der Waals surface area contributed by atoms with E-state index >= 15 is 4.39 Å². The number of ether oxygens (including phenoxy) is 2. The Kier molecular flexibility index (Phi) is 6.15. The van der Waals surface area contributed by atoms with Crippen molar-refractivity contribution in [1.29, 1.82) is 0 Å². The first-order chi connectivity index (χ1) is 18.7. The highest BCUT2D eigenvalue weighted by Gasteiger charge is 2.38. The fraction of sp³-hybridized carbons (Fsp3) is 0.385. The number of hydrogen-bond acceptors (Lipinski definition) is 8. The van der Waals surface area contributed by atoms with Crippen LogP contribution in [0.1, 0.15) is 60.2 Å². The number of aryl methyl sites for hydroxylation is 1. The lowest BCUT2D eigenvalue weighted by Gasteiger charge is -2.13. The summed E-state index contributed by atoms with van der Waals surface area (Å²) in [6.07, 6.45) is 4.13. The van der Waals surface area contributed by atoms with E-state index < -0.39 is 17.7 Å². The molecule has 0 aromatic carbocycles. The van der Waals surface area contributed by atoms with Gasteiger partial charge in [0.25, 0.3) is 0 Å². The predicted octanol–water partition coefficient (Wildman–Crippen LogP) is 5.46. The van der Waals surface area contributed by atoms with Crippen LogP contribution in [0.3, 0.4) is 0 Å². The summed E-state index contributed by atoms with van der Waals surface area (Å²) in [5.74, 6) is 0.343. The second-order valence-corrected chi connectivity index (χ2v) is 9.65. The zero-order chi connectivity index (χ0) is 27.3. The minimum absolute atomic E-state index is 0.0791. The molecule has 2 aliphatic rings. The third-order valence-electron chi connectivity index (χ3n) is 6.60. The Hall–Kier alpha value is -4.16. The molecule has 202 valence electrons. The first-order valence-electron chi connectivity index (χ1n) is 12.4. The van der Waals surface area contributed by atoms with Gasteiger partial charge in [-0.3, -0.25) is 0 Å². The number of pyridine rings is 1. The van der Waals surface area contributed by atoms with Crippen LogP contribution < -0.4 is 9.47 Å². The number of methoxy groups -OCH3 is 1. The Morgan fingerprint density at radius 3 is 2.46 bits per heavy atom. The quantitative estimate of drug-likeness (QED) is 0.271. The van der Waals surface area contributed by atoms with E-state index in [9.17, 15) is 13.2 Å². The molecular weight excluding hydrogens is 518 g/mol. The van der Waals surface area contributed by atoms with Crippen LogP contribution in [0.25, 0.3) is 22.9 Å². The van der Waals surface area contributed by atoms with Gasteiger partial charge in [0.2, 0.25) is 11.8 Å². The Morgan fingerprint density at radius 1 is 1.00 bits per heavy atom. The molecule has 0 N–H and O–H groups in total. The fourth-order valence-electron chi connectivity index (χ4n) is 4.32. The van der Waals surface area contributed by atoms with Crippen molar-refractivity contribution in [1.82, 2.24) is 34.5 Å². The summed E-state index contributed by atoms with van der Waals surface area (Å²) in [7, 11) is 1.51. The van der Waals surface area contributed by atoms with Crippen LogP contribution in [0, 0.1) is 12.7 Å². The van der Waals surface area contributed by atoms with Gasteiger partial charge in [0, 0.05) is 41.7 Å². The monoisotopic (exact) mass is 541 g/mol. The topological polar surface area (TPSA) is 101 Å². The second kappa shape index (κ2) is 9.54. The van der Waals surface area contributed by atoms with Crippen LogP contribution in [0.5, 0.6) is 11.8 Å². The van der Waals surface area contributed by atoms with Crippen LogP contribution in [0.15, 0.2) is 31.0 Å². The highest BCUT2D eigenvalue weighted by molar-refractivity contribution is 5.66. The van der Waals surface area contributed by atoms with Crippen molar-refractivity contribution in [3.05, 3.63) is 59.3 Å². The van der Waals surface area contributed by atoms with Gasteiger partial charge >= 0.3 is 6.18 Å². The van der Waals surface area contributed by atoms with Crippen molar-refractivity contribution in [2.75, 3.05) is 7.11 Å². The van der Waals surface area contributed by atoms with Crippen molar-refractivity contribution in [3.63, 3.8) is 0 Å². The number of alkyl halides is 3. The number of rotatable bonds is 8. The molecule has 39 heavy (non-hydrogen) atoms. The van der Waals surface area contributed by atoms with Crippen LogP contribution >= 0.6 is 0 Å². The van der Waals surface area contributed by atoms with Crippen LogP contribution in [0.4, 0.5) is 17.6 Å². The van der Waals surface area contributed by atoms with Gasteiger partial charge in [0.05, 0.1) is 12.8 Å². The summed E-state index contributed by atoms with van der Waals surface area (Å²) in [4.78, 5) is 25.4. The molecule has 13 heteroatoms. The minimum Gasteiger partial charge on any atom is -0.480 e. The smallest absolute Gasteiger partial charge is 0.434 e. The van der Waals surface area contributed by atoms with Crippen molar-refractivity contribution in [2.45, 2.75) is 57.3 Å². The van der Waals surface area contributed by atoms with Gasteiger partial charge < -0.3 is 14.0 Å². The highest BCUT2D eigenvalue weighted by Crippen LogP contribution is 2.45. The molecular formula is C26H23F4N7O2. The van der Waals surface area contributed by atoms with Gasteiger partial charge in [-0.25, -0.2) is 29.3 Å². The molecule has 0 unspecified atom stereocenters. The molecule has 0 spiro atoms. The summed E-state index contributed by atoms with van der Waals surface area (Å²) >= 11 is 0. The Balaban J connectivity index is 1.25. The van der Waals surface area contributed by atoms with E-state index in [2.05, 4.69) is 29.9 Å². The predicted molar refractivity (Wildman–Crippen MR) is 129 cm³/mol. The molecule has 0 aliphatic heterocycles. The van der Waals surface area contributed by atoms with Crippen molar-refractivity contribution < 1.29 is 27.0 Å². The molecule has 2 fully saturated rings. The fourth-order valence-corrected chi connectivity index (χ4v) is 4.32. The van der Waals surface area contributed by atoms with Crippen molar-refractivity contribution in [2.24, 2.45) is 0 Å². The molecule has 6 rings (SSSR count). The average Bonchev–Trinajstić information content (AvgIpc) is 3.85. The number of halogens is 4. The first-order valence-corrected chi connectivity index (χ1v) is 12.4. The summed E-state index contributed by atoms with van der Waals surface area (Å²) in [6.45, 7) is 1.70. The van der Waals surface area contributed by atoms with Gasteiger partial charge in [-0.2, -0.15) is 18.2 Å². The van der Waals surface area contributed by atoms with E-state index in [1.54, 1.807) is 13.1 Å². The molecule has 0 atom stereocenters. The maximum absolute atomic E-state index is 15.1. The Bertz CT molecular complexity index is 1550. The van der Waals surface area contributed by atoms with E-state index in [1.165, 1.54) is 30.3 Å². The van der Waals surface area contributed by atoms with Crippen LogP contribution in [0.2, 0.25) is 0 Å². The molecule has 0 radical (unpaired) electrons. The molecule has 4 aromatic rings. The SMILES string of the molecule is COc1ncnc(C2CC2)c1-c1ncc(C)c(OCc2cnc(-c3nc(C(F)(F)F)cn3C3CC3)c(F)c2)n1. The third kappa shape index (κ3) is 5.00. The Labute approximate surface area is 220 Å². The van der Waals surface area contributed by atoms with E-state index in [4.69, 9.17) is 9.47 Å². The van der Waals surface area contributed by atoms with Gasteiger partial charge in [-0.05, 0) is 38.7 Å². The molecule has 9 nitrogen and oxygen atoms in total. The molecule has 2 saturated carbocycles. The summed E-state index contributed by atoms with van der Waals surface area (Å²) in [5.41, 5.74) is 1.13. The second-order valence-electron chi connectivity index (χ2n) is 9.65. The lowest BCUT2D eigenvalue weighted by atomic mass is 10.1. The van der Waals surface area contributed by atoms with Gasteiger partial charge in [-0.1, -0.05) is 0 Å². The summed E-state index contributed by atoms with van der Waals surface area (Å²) in [5, 5.41) is 0. The van der Waals surface area contributed by atoms with E-state index in [-0.39, 0.29) is 30.0 Å². The van der Waals surface area contributed by atoms with E-state index in [1.807, 2.05) is 0 Å². The van der Waals surface area contributed by atoms with Gasteiger partial charge in [0.1, 0.15) is 24.2 Å². The van der Waals surface area contributed by atoms with E-state index in [0.29, 0.717) is 47.2 Å². The number of imidazole rings is 1. The normalized spacial score (nSPS) is 15.4. The lowest BCUT2D eigenvalue weighted by Crippen LogP contribution is -2.06. The largest absolute Gasteiger partial charge is 0.480 e. The molecule has 0 bridgehead atoms. The average molecular weight is 542 g/mol. The van der Waals surface area contributed by atoms with Crippen molar-refractivity contribution >= 4 is 0 Å². The highest BCUT2D eigenvalue weighted by atomic mass is 19.4. The molecule has 0 amide bonds. The number of aromatic nitrogens is 7.